The Hall–Kier alpha value is -4.27. The summed E-state index contributed by atoms with van der Waals surface area (Å²) in [5.74, 6) is 1.63. The number of carbonyl (C=O) groups excluding carboxylic acids is 1. The quantitative estimate of drug-likeness (QED) is 0.252. The van der Waals surface area contributed by atoms with Gasteiger partial charge in [-0.25, -0.2) is 0 Å². The molecule has 0 spiro atoms. The largest absolute Gasteiger partial charge is 0.493 e. The lowest BCUT2D eigenvalue weighted by Gasteiger charge is -2.15. The molecule has 3 aromatic rings. The van der Waals surface area contributed by atoms with Crippen LogP contribution in [-0.4, -0.2) is 39.1 Å². The minimum Gasteiger partial charge on any atom is -0.493 e. The summed E-state index contributed by atoms with van der Waals surface area (Å²) in [5.41, 5.74) is 1.43. The first-order valence-electron chi connectivity index (χ1n) is 9.80. The van der Waals surface area contributed by atoms with E-state index in [2.05, 4.69) is 0 Å². The minimum absolute atomic E-state index is 0.00530. The molecule has 172 valence electrons. The molecule has 0 aromatic heterocycles. The highest BCUT2D eigenvalue weighted by atomic mass is 16.6. The summed E-state index contributed by atoms with van der Waals surface area (Å²) in [7, 11) is 5.93. The van der Waals surface area contributed by atoms with E-state index >= 15 is 0 Å². The van der Waals surface area contributed by atoms with Crippen LogP contribution in [0.15, 0.2) is 54.6 Å². The van der Waals surface area contributed by atoms with Crippen molar-refractivity contribution < 1.29 is 33.4 Å². The van der Waals surface area contributed by atoms with E-state index in [0.717, 1.165) is 5.56 Å². The Kier molecular flexibility index (Phi) is 7.34. The topological polar surface area (TPSA) is 106 Å². The molecule has 0 aliphatic carbocycles. The van der Waals surface area contributed by atoms with E-state index in [1.807, 2.05) is 0 Å². The third-order valence-corrected chi connectivity index (χ3v) is 4.89. The summed E-state index contributed by atoms with van der Waals surface area (Å²) >= 11 is 0. The van der Waals surface area contributed by atoms with Crippen molar-refractivity contribution in [3.8, 4) is 28.7 Å². The highest BCUT2D eigenvalue weighted by Gasteiger charge is 2.19. The predicted octanol–water partition coefficient (Wildman–Crippen LogP) is 4.44. The zero-order valence-electron chi connectivity index (χ0n) is 18.6. The average molecular weight is 453 g/mol. The summed E-state index contributed by atoms with van der Waals surface area (Å²) in [6, 6.07) is 14.0. The first kappa shape index (κ1) is 23.4. The van der Waals surface area contributed by atoms with Crippen molar-refractivity contribution in [1.29, 1.82) is 0 Å². The lowest BCUT2D eigenvalue weighted by Crippen LogP contribution is -2.05. The van der Waals surface area contributed by atoms with Gasteiger partial charge in [0.15, 0.2) is 28.8 Å². The predicted molar refractivity (Wildman–Crippen MR) is 120 cm³/mol. The van der Waals surface area contributed by atoms with Crippen molar-refractivity contribution >= 4 is 11.5 Å². The summed E-state index contributed by atoms with van der Waals surface area (Å²) in [5, 5.41) is 10.8. The molecule has 0 aliphatic heterocycles. The molecule has 0 saturated heterocycles. The van der Waals surface area contributed by atoms with Crippen LogP contribution < -0.4 is 23.7 Å². The third-order valence-electron chi connectivity index (χ3n) is 4.89. The fourth-order valence-electron chi connectivity index (χ4n) is 3.18. The van der Waals surface area contributed by atoms with E-state index in [-0.39, 0.29) is 18.1 Å². The molecule has 3 rings (SSSR count). The molecule has 3 aromatic carbocycles. The Labute approximate surface area is 190 Å². The van der Waals surface area contributed by atoms with Gasteiger partial charge in [0.25, 0.3) is 5.69 Å². The molecule has 0 fully saturated rings. The van der Waals surface area contributed by atoms with Gasteiger partial charge in [0.2, 0.25) is 5.75 Å². The molecular weight excluding hydrogens is 430 g/mol. The lowest BCUT2D eigenvalue weighted by atomic mass is 10.0. The van der Waals surface area contributed by atoms with Gasteiger partial charge in [0, 0.05) is 23.3 Å². The second-order valence-electron chi connectivity index (χ2n) is 6.82. The van der Waals surface area contributed by atoms with Crippen LogP contribution in [0.2, 0.25) is 0 Å². The zero-order valence-corrected chi connectivity index (χ0v) is 18.6. The summed E-state index contributed by atoms with van der Waals surface area (Å²) in [6.45, 7) is 0.135. The molecule has 0 heterocycles. The maximum absolute atomic E-state index is 13.2. The molecule has 0 N–H and O–H groups in total. The number of non-ortho nitro benzene ring substituents is 1. The summed E-state index contributed by atoms with van der Waals surface area (Å²) in [4.78, 5) is 23.5. The second kappa shape index (κ2) is 10.4. The number of ketones is 1. The molecule has 0 amide bonds. The van der Waals surface area contributed by atoms with E-state index in [0.29, 0.717) is 39.9 Å². The number of nitro benzene ring substituents is 1. The van der Waals surface area contributed by atoms with Gasteiger partial charge in [0.05, 0.1) is 33.4 Å². The molecule has 0 radical (unpaired) electrons. The Morgan fingerprint density at radius 2 is 1.33 bits per heavy atom. The first-order valence-corrected chi connectivity index (χ1v) is 9.80. The number of nitrogens with zero attached hydrogens (tertiary/aromatic N) is 1. The molecule has 0 bridgehead atoms. The molecule has 33 heavy (non-hydrogen) atoms. The number of hydrogen-bond acceptors (Lipinski definition) is 8. The van der Waals surface area contributed by atoms with Crippen LogP contribution in [0, 0.1) is 10.1 Å². The van der Waals surface area contributed by atoms with Crippen molar-refractivity contribution in [1.82, 2.24) is 0 Å². The number of carbonyl (C=O) groups is 1. The van der Waals surface area contributed by atoms with Crippen LogP contribution >= 0.6 is 0 Å². The first-order chi connectivity index (χ1) is 15.9. The molecule has 0 saturated carbocycles. The summed E-state index contributed by atoms with van der Waals surface area (Å²) in [6.07, 6.45) is 0. The molecule has 0 aliphatic rings. The van der Waals surface area contributed by atoms with Gasteiger partial charge in [-0.05, 0) is 48.0 Å². The van der Waals surface area contributed by atoms with Crippen LogP contribution in [0.1, 0.15) is 21.5 Å². The maximum Gasteiger partial charge on any atom is 0.269 e. The van der Waals surface area contributed by atoms with Crippen LogP contribution in [-0.2, 0) is 6.61 Å². The van der Waals surface area contributed by atoms with Gasteiger partial charge >= 0.3 is 0 Å². The molecule has 9 nitrogen and oxygen atoms in total. The van der Waals surface area contributed by atoms with Gasteiger partial charge in [-0.15, -0.1) is 0 Å². The Morgan fingerprint density at radius 1 is 0.758 bits per heavy atom. The number of benzene rings is 3. The van der Waals surface area contributed by atoms with Crippen LogP contribution in [0.5, 0.6) is 28.7 Å². The second-order valence-corrected chi connectivity index (χ2v) is 6.82. The van der Waals surface area contributed by atoms with Gasteiger partial charge in [-0.1, -0.05) is 0 Å². The number of hydrogen-bond donors (Lipinski definition) is 0. The Morgan fingerprint density at radius 3 is 1.85 bits per heavy atom. The minimum atomic E-state index is -0.466. The molecular formula is C24H23NO8. The smallest absolute Gasteiger partial charge is 0.269 e. The monoisotopic (exact) mass is 453 g/mol. The lowest BCUT2D eigenvalue weighted by molar-refractivity contribution is -0.384. The van der Waals surface area contributed by atoms with Crippen molar-refractivity contribution in [2.45, 2.75) is 6.61 Å². The SMILES string of the molecule is COc1ccc(C(=O)c2cc(OC)c(OC)c(OC)c2)cc1OCc1ccc([N+](=O)[O-])cc1. The van der Waals surface area contributed by atoms with Gasteiger partial charge < -0.3 is 23.7 Å². The zero-order chi connectivity index (χ0) is 24.0. The van der Waals surface area contributed by atoms with Crippen molar-refractivity contribution in [2.75, 3.05) is 28.4 Å². The van der Waals surface area contributed by atoms with E-state index in [1.165, 1.54) is 40.6 Å². The van der Waals surface area contributed by atoms with Gasteiger partial charge in [-0.2, -0.15) is 0 Å². The number of nitro groups is 1. The van der Waals surface area contributed by atoms with Crippen molar-refractivity contribution in [3.63, 3.8) is 0 Å². The van der Waals surface area contributed by atoms with Crippen LogP contribution in [0.25, 0.3) is 0 Å². The van der Waals surface area contributed by atoms with Gasteiger partial charge in [-0.3, -0.25) is 14.9 Å². The van der Waals surface area contributed by atoms with Crippen LogP contribution in [0.3, 0.4) is 0 Å². The van der Waals surface area contributed by atoms with Gasteiger partial charge in [0.1, 0.15) is 6.61 Å². The van der Waals surface area contributed by atoms with Crippen LogP contribution in [0.4, 0.5) is 5.69 Å². The Bertz CT molecular complexity index is 1130. The Balaban J connectivity index is 1.88. The molecule has 0 unspecified atom stereocenters. The maximum atomic E-state index is 13.2. The fourth-order valence-corrected chi connectivity index (χ4v) is 3.18. The molecule has 0 atom stereocenters. The van der Waals surface area contributed by atoms with E-state index < -0.39 is 4.92 Å². The number of rotatable bonds is 10. The highest BCUT2D eigenvalue weighted by molar-refractivity contribution is 6.10. The standard InChI is InChI=1S/C24H23NO8/c1-29-19-10-7-16(11-20(19)33-14-15-5-8-18(9-6-15)25(27)28)23(26)17-12-21(30-2)24(32-4)22(13-17)31-3/h5-13H,14H2,1-4H3. The number of ether oxygens (including phenoxy) is 5. The normalized spacial score (nSPS) is 10.3. The van der Waals surface area contributed by atoms with E-state index in [4.69, 9.17) is 23.7 Å². The average Bonchev–Trinajstić information content (AvgIpc) is 2.85. The van der Waals surface area contributed by atoms with Crippen molar-refractivity contribution in [3.05, 3.63) is 81.4 Å². The third kappa shape index (κ3) is 5.15. The van der Waals surface area contributed by atoms with E-state index in [1.54, 1.807) is 42.5 Å². The fraction of sp³-hybridized carbons (Fsp3) is 0.208. The highest BCUT2D eigenvalue weighted by Crippen LogP contribution is 2.39. The van der Waals surface area contributed by atoms with E-state index in [9.17, 15) is 14.9 Å². The van der Waals surface area contributed by atoms with Crippen molar-refractivity contribution in [2.24, 2.45) is 0 Å². The number of methoxy groups -OCH3 is 4. The summed E-state index contributed by atoms with van der Waals surface area (Å²) < 4.78 is 27.2. The molecule has 9 heteroatoms.